The van der Waals surface area contributed by atoms with Crippen LogP contribution in [0.25, 0.3) is 11.0 Å². The van der Waals surface area contributed by atoms with Gasteiger partial charge in [-0.1, -0.05) is 11.6 Å². The summed E-state index contributed by atoms with van der Waals surface area (Å²) < 4.78 is 26.7. The highest BCUT2D eigenvalue weighted by molar-refractivity contribution is 7.71. The van der Waals surface area contributed by atoms with Crippen LogP contribution < -0.4 is 15.9 Å². The number of aromatic nitrogens is 4. The smallest absolute Gasteiger partial charge is 0.306 e. The van der Waals surface area contributed by atoms with Crippen molar-refractivity contribution in [1.82, 2.24) is 19.9 Å². The SMILES string of the molecule is CP(C)(=O)c1c(Nc2nc(Nc3ccc(F)c([N+](=O)[O-])c3)ncc2Cl)ccc2nccnc12. The summed E-state index contributed by atoms with van der Waals surface area (Å²) in [5.74, 6) is -0.703. The number of nitro benzene ring substituents is 1. The predicted molar refractivity (Wildman–Crippen MR) is 125 cm³/mol. The fraction of sp³-hybridized carbons (Fsp3) is 0.100. The highest BCUT2D eigenvalue weighted by Crippen LogP contribution is 2.41. The van der Waals surface area contributed by atoms with E-state index in [1.807, 2.05) is 0 Å². The van der Waals surface area contributed by atoms with Crippen molar-refractivity contribution in [2.75, 3.05) is 24.0 Å². The number of benzene rings is 2. The van der Waals surface area contributed by atoms with Gasteiger partial charge in [0, 0.05) is 24.1 Å². The number of nitro groups is 1. The lowest BCUT2D eigenvalue weighted by molar-refractivity contribution is -0.387. The molecule has 0 atom stereocenters. The van der Waals surface area contributed by atoms with Crippen molar-refractivity contribution in [2.45, 2.75) is 0 Å². The minimum Gasteiger partial charge on any atom is -0.338 e. The van der Waals surface area contributed by atoms with Gasteiger partial charge >= 0.3 is 5.69 Å². The number of nitrogens with one attached hydrogen (secondary N) is 2. The van der Waals surface area contributed by atoms with Crippen LogP contribution in [0.3, 0.4) is 0 Å². The third kappa shape index (κ3) is 4.74. The minimum atomic E-state index is -2.81. The summed E-state index contributed by atoms with van der Waals surface area (Å²) >= 11 is 6.27. The van der Waals surface area contributed by atoms with Crippen molar-refractivity contribution in [1.29, 1.82) is 0 Å². The summed E-state index contributed by atoms with van der Waals surface area (Å²) in [7, 11) is -2.81. The number of hydrogen-bond acceptors (Lipinski definition) is 9. The molecular formula is C20H16ClFN7O3P. The lowest BCUT2D eigenvalue weighted by Crippen LogP contribution is -2.14. The van der Waals surface area contributed by atoms with E-state index in [1.54, 1.807) is 31.7 Å². The first-order chi connectivity index (χ1) is 15.6. The van der Waals surface area contributed by atoms with Crippen LogP contribution in [0.2, 0.25) is 5.02 Å². The lowest BCUT2D eigenvalue weighted by atomic mass is 10.2. The van der Waals surface area contributed by atoms with Gasteiger partial charge in [0.2, 0.25) is 11.8 Å². The number of rotatable bonds is 6. The zero-order valence-corrected chi connectivity index (χ0v) is 18.9. The van der Waals surface area contributed by atoms with E-state index >= 15 is 0 Å². The Labute approximate surface area is 191 Å². The highest BCUT2D eigenvalue weighted by Gasteiger charge is 2.22. The van der Waals surface area contributed by atoms with Crippen LogP contribution in [0.4, 0.5) is 33.2 Å². The molecule has 4 rings (SSSR count). The standard InChI is InChI=1S/C20H16ClFN7O3P/c1-33(2,32)18-15(6-5-14-17(18)24-8-7-23-14)27-19-12(21)10-25-20(28-19)26-11-3-4-13(22)16(9-11)29(30)31/h3-10H,1-2H3,(H2,25,26,27,28). The molecule has 0 radical (unpaired) electrons. The maximum absolute atomic E-state index is 13.6. The van der Waals surface area contributed by atoms with Gasteiger partial charge in [-0.05, 0) is 37.6 Å². The second kappa shape index (κ2) is 8.68. The van der Waals surface area contributed by atoms with Gasteiger partial charge in [0.05, 0.1) is 27.6 Å². The number of halogens is 2. The Kier molecular flexibility index (Phi) is 5.92. The molecule has 0 bridgehead atoms. The molecule has 2 N–H and O–H groups in total. The number of nitrogens with zero attached hydrogens (tertiary/aromatic N) is 5. The first-order valence-corrected chi connectivity index (χ1v) is 12.4. The normalized spacial score (nSPS) is 11.4. The molecule has 13 heteroatoms. The van der Waals surface area contributed by atoms with Crippen LogP contribution in [0.5, 0.6) is 0 Å². The molecule has 4 aromatic rings. The molecule has 0 saturated carbocycles. The zero-order valence-electron chi connectivity index (χ0n) is 17.3. The Hall–Kier alpha value is -3.69. The average Bonchev–Trinajstić information content (AvgIpc) is 2.76. The summed E-state index contributed by atoms with van der Waals surface area (Å²) in [5.41, 5.74) is 1.11. The molecule has 168 valence electrons. The van der Waals surface area contributed by atoms with E-state index in [-0.39, 0.29) is 22.5 Å². The molecule has 33 heavy (non-hydrogen) atoms. The molecule has 0 spiro atoms. The van der Waals surface area contributed by atoms with E-state index in [0.717, 1.165) is 12.1 Å². The monoisotopic (exact) mass is 487 g/mol. The van der Waals surface area contributed by atoms with Gasteiger partial charge in [-0.15, -0.1) is 0 Å². The van der Waals surface area contributed by atoms with Gasteiger partial charge in [-0.2, -0.15) is 9.37 Å². The third-order valence-electron chi connectivity index (χ3n) is 4.55. The first kappa shape index (κ1) is 22.5. The van der Waals surface area contributed by atoms with E-state index in [9.17, 15) is 19.1 Å². The molecule has 0 fully saturated rings. The van der Waals surface area contributed by atoms with Gasteiger partial charge < -0.3 is 15.2 Å². The Morgan fingerprint density at radius 2 is 1.85 bits per heavy atom. The molecule has 10 nitrogen and oxygen atoms in total. The first-order valence-electron chi connectivity index (χ1n) is 9.43. The van der Waals surface area contributed by atoms with E-state index < -0.39 is 23.6 Å². The minimum absolute atomic E-state index is 0.0566. The maximum atomic E-state index is 13.6. The summed E-state index contributed by atoms with van der Waals surface area (Å²) in [6.45, 7) is 3.25. The molecule has 2 aromatic carbocycles. The number of fused-ring (bicyclic) bond motifs is 1. The fourth-order valence-corrected chi connectivity index (χ4v) is 4.70. The lowest BCUT2D eigenvalue weighted by Gasteiger charge is -2.17. The van der Waals surface area contributed by atoms with Crippen LogP contribution in [0, 0.1) is 15.9 Å². The van der Waals surface area contributed by atoms with Gasteiger partial charge in [-0.25, -0.2) is 4.98 Å². The Bertz CT molecular complexity index is 1450. The topological polar surface area (TPSA) is 136 Å². The van der Waals surface area contributed by atoms with Crippen LogP contribution in [-0.4, -0.2) is 38.2 Å². The van der Waals surface area contributed by atoms with Gasteiger partial charge in [0.15, 0.2) is 5.82 Å². The second-order valence-electron chi connectivity index (χ2n) is 7.30. The number of hydrogen-bond donors (Lipinski definition) is 2. The van der Waals surface area contributed by atoms with E-state index in [2.05, 4.69) is 30.6 Å². The Balaban J connectivity index is 1.72. The molecule has 0 aliphatic heterocycles. The predicted octanol–water partition coefficient (Wildman–Crippen LogP) is 4.86. The summed E-state index contributed by atoms with van der Waals surface area (Å²) in [6.07, 6.45) is 4.40. The van der Waals surface area contributed by atoms with Gasteiger partial charge in [0.1, 0.15) is 17.7 Å². The Morgan fingerprint density at radius 1 is 1.09 bits per heavy atom. The molecule has 0 aliphatic rings. The van der Waals surface area contributed by atoms with Crippen LogP contribution in [0.1, 0.15) is 0 Å². The van der Waals surface area contributed by atoms with Crippen LogP contribution >= 0.6 is 18.7 Å². The molecule has 0 aliphatic carbocycles. The quantitative estimate of drug-likeness (QED) is 0.222. The van der Waals surface area contributed by atoms with Crippen molar-refractivity contribution >= 4 is 63.9 Å². The third-order valence-corrected chi connectivity index (χ3v) is 6.35. The van der Waals surface area contributed by atoms with Crippen molar-refractivity contribution in [3.8, 4) is 0 Å². The largest absolute Gasteiger partial charge is 0.338 e. The fourth-order valence-electron chi connectivity index (χ4n) is 3.17. The molecule has 2 aromatic heterocycles. The van der Waals surface area contributed by atoms with Crippen LogP contribution in [-0.2, 0) is 4.57 Å². The zero-order chi connectivity index (χ0) is 23.8. The molecule has 0 amide bonds. The molecular weight excluding hydrogens is 472 g/mol. The summed E-state index contributed by atoms with van der Waals surface area (Å²) in [4.78, 5) is 27.1. The van der Waals surface area contributed by atoms with Crippen molar-refractivity contribution in [3.05, 3.63) is 69.9 Å². The Morgan fingerprint density at radius 3 is 2.58 bits per heavy atom. The molecule has 0 saturated heterocycles. The van der Waals surface area contributed by atoms with E-state index in [0.29, 0.717) is 22.0 Å². The van der Waals surface area contributed by atoms with Gasteiger partial charge in [-0.3, -0.25) is 20.1 Å². The van der Waals surface area contributed by atoms with Crippen LogP contribution in [0.15, 0.2) is 48.9 Å². The van der Waals surface area contributed by atoms with Crippen molar-refractivity contribution in [3.63, 3.8) is 0 Å². The second-order valence-corrected chi connectivity index (χ2v) is 10.9. The van der Waals surface area contributed by atoms with Crippen molar-refractivity contribution < 1.29 is 13.9 Å². The van der Waals surface area contributed by atoms with E-state index in [4.69, 9.17) is 11.6 Å². The highest BCUT2D eigenvalue weighted by atomic mass is 35.5. The van der Waals surface area contributed by atoms with Crippen molar-refractivity contribution in [2.24, 2.45) is 0 Å². The summed E-state index contributed by atoms with van der Waals surface area (Å²) in [6, 6.07) is 6.76. The maximum Gasteiger partial charge on any atom is 0.306 e. The van der Waals surface area contributed by atoms with E-state index in [1.165, 1.54) is 18.5 Å². The average molecular weight is 488 g/mol. The van der Waals surface area contributed by atoms with Gasteiger partial charge in [0.25, 0.3) is 0 Å². The molecule has 2 heterocycles. The summed E-state index contributed by atoms with van der Waals surface area (Å²) in [5, 5.41) is 17.5. The number of anilines is 4. The molecule has 0 unspecified atom stereocenters.